The lowest BCUT2D eigenvalue weighted by atomic mass is 10.2. The van der Waals surface area contributed by atoms with E-state index in [2.05, 4.69) is 25.4 Å². The van der Waals surface area contributed by atoms with Crippen LogP contribution in [0.25, 0.3) is 16.6 Å². The second kappa shape index (κ2) is 7.40. The Labute approximate surface area is 169 Å². The third-order valence-corrected chi connectivity index (χ3v) is 4.52. The van der Waals surface area contributed by atoms with Crippen molar-refractivity contribution in [3.63, 3.8) is 0 Å². The van der Waals surface area contributed by atoms with E-state index in [0.29, 0.717) is 49.5 Å². The maximum Gasteiger partial charge on any atom is 0.142 e. The van der Waals surface area contributed by atoms with E-state index in [-0.39, 0.29) is 6.61 Å². The maximum absolute atomic E-state index is 9.23. The molecule has 0 saturated heterocycles. The van der Waals surface area contributed by atoms with Crippen LogP contribution in [-0.2, 0) is 6.61 Å². The van der Waals surface area contributed by atoms with Gasteiger partial charge in [0.2, 0.25) is 0 Å². The van der Waals surface area contributed by atoms with Crippen molar-refractivity contribution in [2.24, 2.45) is 0 Å². The molecule has 138 valence electrons. The summed E-state index contributed by atoms with van der Waals surface area (Å²) in [4.78, 5) is 12.4. The van der Waals surface area contributed by atoms with Gasteiger partial charge in [0.25, 0.3) is 0 Å². The highest BCUT2D eigenvalue weighted by molar-refractivity contribution is 6.38. The zero-order chi connectivity index (χ0) is 19.7. The second-order valence-electron chi connectivity index (χ2n) is 5.74. The zero-order valence-corrected chi connectivity index (χ0v) is 15.6. The van der Waals surface area contributed by atoms with Crippen LogP contribution in [0, 0.1) is 11.3 Å². The van der Waals surface area contributed by atoms with Crippen LogP contribution in [0.1, 0.15) is 11.3 Å². The second-order valence-corrected chi connectivity index (χ2v) is 6.56. The number of hydrogen-bond acceptors (Lipinski definition) is 7. The standard InChI is InChI=1S/C18H11Cl2N7O/c19-13-3-10(6-21)4-14(20)17(13)27-7-12-15(26-27)1-2-22-18(12)25-16-5-11(8-28)23-9-24-16/h1-5,7,9,28H,8H2,(H,22,23,24,25). The first-order valence-electron chi connectivity index (χ1n) is 8.01. The number of rotatable bonds is 4. The number of halogens is 2. The first-order valence-corrected chi connectivity index (χ1v) is 8.77. The molecule has 10 heteroatoms. The van der Waals surface area contributed by atoms with Crippen molar-refractivity contribution >= 4 is 45.7 Å². The van der Waals surface area contributed by atoms with Gasteiger partial charge in [-0.2, -0.15) is 10.4 Å². The normalized spacial score (nSPS) is 10.8. The van der Waals surface area contributed by atoms with Crippen LogP contribution in [0.15, 0.2) is 43.0 Å². The minimum atomic E-state index is -0.192. The quantitative estimate of drug-likeness (QED) is 0.526. The number of benzene rings is 1. The summed E-state index contributed by atoms with van der Waals surface area (Å²) in [5.41, 5.74) is 1.97. The number of hydrogen-bond donors (Lipinski definition) is 2. The van der Waals surface area contributed by atoms with Crippen molar-refractivity contribution in [2.75, 3.05) is 5.32 Å². The first kappa shape index (κ1) is 18.1. The third-order valence-electron chi connectivity index (χ3n) is 3.94. The fourth-order valence-corrected chi connectivity index (χ4v) is 3.34. The van der Waals surface area contributed by atoms with Crippen LogP contribution >= 0.6 is 23.2 Å². The van der Waals surface area contributed by atoms with Crippen molar-refractivity contribution in [1.82, 2.24) is 24.7 Å². The average Bonchev–Trinajstić information content (AvgIpc) is 3.12. The molecule has 0 atom stereocenters. The molecule has 3 heterocycles. The molecule has 0 aliphatic heterocycles. The summed E-state index contributed by atoms with van der Waals surface area (Å²) in [6, 6.07) is 8.45. The van der Waals surface area contributed by atoms with E-state index in [1.807, 2.05) is 6.07 Å². The molecule has 28 heavy (non-hydrogen) atoms. The largest absolute Gasteiger partial charge is 0.390 e. The SMILES string of the molecule is N#Cc1cc(Cl)c(-n2cc3c(Nc4cc(CO)ncn4)nccc3n2)c(Cl)c1. The van der Waals surface area contributed by atoms with Gasteiger partial charge in [-0.05, 0) is 18.2 Å². The van der Waals surface area contributed by atoms with Gasteiger partial charge in [-0.3, -0.25) is 0 Å². The van der Waals surface area contributed by atoms with Gasteiger partial charge in [0.15, 0.2) is 0 Å². The molecule has 0 spiro atoms. The molecule has 4 aromatic rings. The fraction of sp³-hybridized carbons (Fsp3) is 0.0556. The highest BCUT2D eigenvalue weighted by atomic mass is 35.5. The van der Waals surface area contributed by atoms with Crippen LogP contribution in [0.2, 0.25) is 10.0 Å². The van der Waals surface area contributed by atoms with E-state index < -0.39 is 0 Å². The number of aliphatic hydroxyl groups excluding tert-OH is 1. The molecule has 3 aromatic heterocycles. The molecule has 8 nitrogen and oxygen atoms in total. The Hall–Kier alpha value is -3.25. The van der Waals surface area contributed by atoms with Gasteiger partial charge >= 0.3 is 0 Å². The van der Waals surface area contributed by atoms with Gasteiger partial charge in [0.1, 0.15) is 23.7 Å². The Morgan fingerprint density at radius 3 is 2.64 bits per heavy atom. The highest BCUT2D eigenvalue weighted by Gasteiger charge is 2.15. The summed E-state index contributed by atoms with van der Waals surface area (Å²) >= 11 is 12.6. The Morgan fingerprint density at radius 2 is 1.93 bits per heavy atom. The van der Waals surface area contributed by atoms with Gasteiger partial charge in [0, 0.05) is 18.5 Å². The molecular weight excluding hydrogens is 401 g/mol. The van der Waals surface area contributed by atoms with E-state index in [1.54, 1.807) is 29.2 Å². The molecule has 0 saturated carbocycles. The van der Waals surface area contributed by atoms with E-state index >= 15 is 0 Å². The molecule has 4 rings (SSSR count). The van der Waals surface area contributed by atoms with E-state index in [9.17, 15) is 5.11 Å². The molecule has 0 aliphatic rings. The third kappa shape index (κ3) is 3.34. The number of nitriles is 1. The van der Waals surface area contributed by atoms with Crippen molar-refractivity contribution in [2.45, 2.75) is 6.61 Å². The molecule has 0 aliphatic carbocycles. The van der Waals surface area contributed by atoms with Crippen LogP contribution < -0.4 is 5.32 Å². The monoisotopic (exact) mass is 411 g/mol. The summed E-state index contributed by atoms with van der Waals surface area (Å²) in [5.74, 6) is 1.01. The predicted octanol–water partition coefficient (Wildman–Crippen LogP) is 3.62. The van der Waals surface area contributed by atoms with Gasteiger partial charge in [0.05, 0.1) is 44.9 Å². The lowest BCUT2D eigenvalue weighted by Gasteiger charge is -2.07. The van der Waals surface area contributed by atoms with E-state index in [4.69, 9.17) is 28.5 Å². The summed E-state index contributed by atoms with van der Waals surface area (Å²) in [6.45, 7) is -0.192. The van der Waals surface area contributed by atoms with Crippen molar-refractivity contribution in [1.29, 1.82) is 5.26 Å². The van der Waals surface area contributed by atoms with Gasteiger partial charge < -0.3 is 10.4 Å². The number of anilines is 2. The lowest BCUT2D eigenvalue weighted by Crippen LogP contribution is -1.99. The molecule has 0 unspecified atom stereocenters. The zero-order valence-electron chi connectivity index (χ0n) is 14.1. The topological polar surface area (TPSA) is 113 Å². The molecule has 0 amide bonds. The number of aliphatic hydroxyl groups is 1. The summed E-state index contributed by atoms with van der Waals surface area (Å²) in [6.07, 6.45) is 4.70. The van der Waals surface area contributed by atoms with Gasteiger partial charge in [-0.15, -0.1) is 0 Å². The number of nitrogens with zero attached hydrogens (tertiary/aromatic N) is 6. The van der Waals surface area contributed by atoms with Crippen molar-refractivity contribution in [3.8, 4) is 11.8 Å². The van der Waals surface area contributed by atoms with Crippen LogP contribution in [-0.4, -0.2) is 29.8 Å². The van der Waals surface area contributed by atoms with E-state index in [1.165, 1.54) is 18.5 Å². The fourth-order valence-electron chi connectivity index (χ4n) is 2.68. The Kier molecular flexibility index (Phi) is 4.79. The lowest BCUT2D eigenvalue weighted by molar-refractivity contribution is 0.276. The van der Waals surface area contributed by atoms with Gasteiger partial charge in [-0.25, -0.2) is 19.6 Å². The minimum absolute atomic E-state index is 0.192. The smallest absolute Gasteiger partial charge is 0.142 e. The Bertz CT molecular complexity index is 1210. The summed E-state index contributed by atoms with van der Waals surface area (Å²) < 4.78 is 1.54. The number of fused-ring (bicyclic) bond motifs is 1. The minimum Gasteiger partial charge on any atom is -0.390 e. The van der Waals surface area contributed by atoms with Gasteiger partial charge in [-0.1, -0.05) is 23.2 Å². The predicted molar refractivity (Wildman–Crippen MR) is 105 cm³/mol. The maximum atomic E-state index is 9.23. The van der Waals surface area contributed by atoms with E-state index in [0.717, 1.165) is 0 Å². The molecule has 0 fully saturated rings. The Morgan fingerprint density at radius 1 is 1.14 bits per heavy atom. The Balaban J connectivity index is 1.79. The van der Waals surface area contributed by atoms with Crippen molar-refractivity contribution in [3.05, 3.63) is 64.3 Å². The number of nitrogens with one attached hydrogen (secondary N) is 1. The summed E-state index contributed by atoms with van der Waals surface area (Å²) in [7, 11) is 0. The van der Waals surface area contributed by atoms with Crippen molar-refractivity contribution < 1.29 is 5.11 Å². The van der Waals surface area contributed by atoms with Crippen LogP contribution in [0.5, 0.6) is 0 Å². The van der Waals surface area contributed by atoms with Crippen LogP contribution in [0.3, 0.4) is 0 Å². The van der Waals surface area contributed by atoms with Crippen LogP contribution in [0.4, 0.5) is 11.6 Å². The molecule has 1 aromatic carbocycles. The highest BCUT2D eigenvalue weighted by Crippen LogP contribution is 2.32. The molecule has 2 N–H and O–H groups in total. The average molecular weight is 412 g/mol. The molecule has 0 radical (unpaired) electrons. The molecular formula is C18H11Cl2N7O. The number of aromatic nitrogens is 5. The summed E-state index contributed by atoms with van der Waals surface area (Å²) in [5, 5.41) is 27.2. The number of pyridine rings is 1. The molecule has 0 bridgehead atoms. The first-order chi connectivity index (χ1) is 13.6.